The minimum absolute atomic E-state index is 0.00476. The molecular formula is C23H22FN5O2. The van der Waals surface area contributed by atoms with Crippen molar-refractivity contribution in [2.24, 2.45) is 0 Å². The Morgan fingerprint density at radius 1 is 1.19 bits per heavy atom. The molecule has 4 rings (SSSR count). The van der Waals surface area contributed by atoms with Gasteiger partial charge in [-0.25, -0.2) is 14.4 Å². The highest BCUT2D eigenvalue weighted by Gasteiger charge is 2.25. The second-order valence-corrected chi connectivity index (χ2v) is 7.40. The number of nitrogens with one attached hydrogen (secondary N) is 2. The van der Waals surface area contributed by atoms with Crippen molar-refractivity contribution in [1.82, 2.24) is 14.9 Å². The fraction of sp³-hybridized carbons (Fsp3) is 0.217. The molecule has 0 spiro atoms. The van der Waals surface area contributed by atoms with Gasteiger partial charge in [-0.1, -0.05) is 6.58 Å². The number of carbonyl (C=O) groups excluding carboxylic acids is 2. The Hall–Kier alpha value is -3.81. The Bertz CT molecular complexity index is 1130. The molecule has 158 valence electrons. The fourth-order valence-electron chi connectivity index (χ4n) is 3.60. The van der Waals surface area contributed by atoms with Crippen molar-refractivity contribution in [3.8, 4) is 0 Å². The van der Waals surface area contributed by atoms with Gasteiger partial charge in [-0.2, -0.15) is 0 Å². The summed E-state index contributed by atoms with van der Waals surface area (Å²) in [6, 6.07) is 11.2. The molecule has 2 heterocycles. The highest BCUT2D eigenvalue weighted by molar-refractivity contribution is 5.99. The van der Waals surface area contributed by atoms with Crippen LogP contribution in [-0.2, 0) is 4.79 Å². The second kappa shape index (κ2) is 8.91. The van der Waals surface area contributed by atoms with Crippen LogP contribution in [0.3, 0.4) is 0 Å². The summed E-state index contributed by atoms with van der Waals surface area (Å²) in [5.41, 5.74) is 1.68. The van der Waals surface area contributed by atoms with Crippen molar-refractivity contribution in [3.05, 3.63) is 72.7 Å². The van der Waals surface area contributed by atoms with E-state index in [1.165, 1.54) is 18.2 Å². The summed E-state index contributed by atoms with van der Waals surface area (Å²) in [5.74, 6) is -0.307. The van der Waals surface area contributed by atoms with Gasteiger partial charge in [0.25, 0.3) is 5.91 Å². The van der Waals surface area contributed by atoms with E-state index >= 15 is 0 Å². The van der Waals surface area contributed by atoms with Crippen molar-refractivity contribution in [2.45, 2.75) is 18.9 Å². The molecule has 2 aromatic carbocycles. The van der Waals surface area contributed by atoms with Crippen LogP contribution in [0.25, 0.3) is 10.9 Å². The zero-order valence-corrected chi connectivity index (χ0v) is 16.8. The van der Waals surface area contributed by atoms with Gasteiger partial charge in [-0.05, 0) is 55.3 Å². The van der Waals surface area contributed by atoms with Gasteiger partial charge < -0.3 is 15.5 Å². The van der Waals surface area contributed by atoms with Gasteiger partial charge >= 0.3 is 0 Å². The van der Waals surface area contributed by atoms with Crippen molar-refractivity contribution in [1.29, 1.82) is 0 Å². The maximum absolute atomic E-state index is 13.5. The lowest BCUT2D eigenvalue weighted by molar-refractivity contribution is -0.111. The molecule has 3 aromatic rings. The Morgan fingerprint density at radius 2 is 2.00 bits per heavy atom. The Morgan fingerprint density at radius 3 is 2.77 bits per heavy atom. The van der Waals surface area contributed by atoms with Gasteiger partial charge in [0.15, 0.2) is 0 Å². The van der Waals surface area contributed by atoms with Gasteiger partial charge in [0.1, 0.15) is 5.82 Å². The lowest BCUT2D eigenvalue weighted by Crippen LogP contribution is -2.45. The number of aromatic nitrogens is 2. The minimum Gasteiger partial charge on any atom is -0.350 e. The number of amides is 2. The van der Waals surface area contributed by atoms with Crippen LogP contribution >= 0.6 is 0 Å². The molecule has 1 saturated heterocycles. The summed E-state index contributed by atoms with van der Waals surface area (Å²) in [7, 11) is 0. The van der Waals surface area contributed by atoms with E-state index in [-0.39, 0.29) is 23.7 Å². The number of halogens is 1. The predicted molar refractivity (Wildman–Crippen MR) is 117 cm³/mol. The first-order valence-corrected chi connectivity index (χ1v) is 10.0. The number of piperidine rings is 1. The molecule has 0 bridgehead atoms. The smallest absolute Gasteiger partial charge is 0.253 e. The van der Waals surface area contributed by atoms with E-state index in [0.29, 0.717) is 35.8 Å². The fourth-order valence-corrected chi connectivity index (χ4v) is 3.60. The Labute approximate surface area is 179 Å². The summed E-state index contributed by atoms with van der Waals surface area (Å²) in [5, 5.41) is 6.69. The maximum Gasteiger partial charge on any atom is 0.253 e. The van der Waals surface area contributed by atoms with Crippen molar-refractivity contribution in [2.75, 3.05) is 23.7 Å². The average Bonchev–Trinajstić information content (AvgIpc) is 2.79. The molecule has 1 aliphatic heterocycles. The predicted octanol–water partition coefficient (Wildman–Crippen LogP) is 3.61. The normalized spacial score (nSPS) is 16.0. The van der Waals surface area contributed by atoms with E-state index in [1.54, 1.807) is 41.4 Å². The Kier molecular flexibility index (Phi) is 5.88. The lowest BCUT2D eigenvalue weighted by atomic mass is 10.0. The van der Waals surface area contributed by atoms with E-state index < -0.39 is 0 Å². The standard InChI is InChI=1S/C23H22FN5O2/c1-2-21(30)26-18-9-6-15(7-10-18)22(31)29-11-3-4-19(14-29)27-23-25-13-16-5-8-17(24)12-20(16)28-23/h2,5-10,12-13,19H,1,3-4,11,14H2,(H,26,30)(H,25,27,28)/t19-/m1/s1. The summed E-state index contributed by atoms with van der Waals surface area (Å²) in [6.07, 6.45) is 4.57. The van der Waals surface area contributed by atoms with Crippen LogP contribution in [0.1, 0.15) is 23.2 Å². The molecule has 7 nitrogen and oxygen atoms in total. The third kappa shape index (κ3) is 4.85. The van der Waals surface area contributed by atoms with Gasteiger partial charge in [-0.15, -0.1) is 0 Å². The van der Waals surface area contributed by atoms with Crippen molar-refractivity contribution in [3.63, 3.8) is 0 Å². The van der Waals surface area contributed by atoms with E-state index in [4.69, 9.17) is 0 Å². The summed E-state index contributed by atoms with van der Waals surface area (Å²) in [6.45, 7) is 4.59. The minimum atomic E-state index is -0.346. The summed E-state index contributed by atoms with van der Waals surface area (Å²) < 4.78 is 13.5. The number of hydrogen-bond donors (Lipinski definition) is 2. The van der Waals surface area contributed by atoms with E-state index in [2.05, 4.69) is 27.2 Å². The number of likely N-dealkylation sites (tertiary alicyclic amines) is 1. The molecule has 0 unspecified atom stereocenters. The highest BCUT2D eigenvalue weighted by Crippen LogP contribution is 2.19. The van der Waals surface area contributed by atoms with Crippen LogP contribution < -0.4 is 10.6 Å². The average molecular weight is 419 g/mol. The monoisotopic (exact) mass is 419 g/mol. The number of rotatable bonds is 5. The molecule has 2 amide bonds. The van der Waals surface area contributed by atoms with E-state index in [9.17, 15) is 14.0 Å². The van der Waals surface area contributed by atoms with Crippen LogP contribution in [0.5, 0.6) is 0 Å². The SMILES string of the molecule is C=CC(=O)Nc1ccc(C(=O)N2CCC[C@@H](Nc3ncc4ccc(F)cc4n3)C2)cc1. The molecule has 0 radical (unpaired) electrons. The zero-order chi connectivity index (χ0) is 21.8. The van der Waals surface area contributed by atoms with Gasteiger partial charge in [0.2, 0.25) is 11.9 Å². The van der Waals surface area contributed by atoms with Crippen LogP contribution in [0.15, 0.2) is 61.3 Å². The van der Waals surface area contributed by atoms with Crippen LogP contribution in [-0.4, -0.2) is 45.8 Å². The quantitative estimate of drug-likeness (QED) is 0.617. The second-order valence-electron chi connectivity index (χ2n) is 7.40. The molecule has 2 N–H and O–H groups in total. The lowest BCUT2D eigenvalue weighted by Gasteiger charge is -2.33. The number of carbonyl (C=O) groups is 2. The number of hydrogen-bond acceptors (Lipinski definition) is 5. The third-order valence-electron chi connectivity index (χ3n) is 5.17. The molecular weight excluding hydrogens is 397 g/mol. The molecule has 0 aliphatic carbocycles. The highest BCUT2D eigenvalue weighted by atomic mass is 19.1. The zero-order valence-electron chi connectivity index (χ0n) is 16.8. The molecule has 1 aromatic heterocycles. The van der Waals surface area contributed by atoms with E-state index in [0.717, 1.165) is 18.2 Å². The first kappa shape index (κ1) is 20.5. The van der Waals surface area contributed by atoms with Gasteiger partial charge in [0, 0.05) is 48.0 Å². The van der Waals surface area contributed by atoms with Crippen LogP contribution in [0.2, 0.25) is 0 Å². The van der Waals surface area contributed by atoms with Crippen LogP contribution in [0, 0.1) is 5.82 Å². The molecule has 1 aliphatic rings. The molecule has 1 fully saturated rings. The Balaban J connectivity index is 1.41. The first-order chi connectivity index (χ1) is 15.0. The first-order valence-electron chi connectivity index (χ1n) is 10.0. The van der Waals surface area contributed by atoms with Crippen molar-refractivity contribution >= 4 is 34.4 Å². The molecule has 8 heteroatoms. The molecule has 31 heavy (non-hydrogen) atoms. The number of benzene rings is 2. The number of anilines is 2. The van der Waals surface area contributed by atoms with Gasteiger partial charge in [-0.3, -0.25) is 9.59 Å². The topological polar surface area (TPSA) is 87.2 Å². The van der Waals surface area contributed by atoms with Crippen LogP contribution in [0.4, 0.5) is 16.0 Å². The largest absolute Gasteiger partial charge is 0.350 e. The van der Waals surface area contributed by atoms with Crippen molar-refractivity contribution < 1.29 is 14.0 Å². The number of nitrogens with zero attached hydrogens (tertiary/aromatic N) is 3. The van der Waals surface area contributed by atoms with Gasteiger partial charge in [0.05, 0.1) is 5.52 Å². The van der Waals surface area contributed by atoms with E-state index in [1.807, 2.05) is 0 Å². The summed E-state index contributed by atoms with van der Waals surface area (Å²) >= 11 is 0. The third-order valence-corrected chi connectivity index (χ3v) is 5.17. The maximum atomic E-state index is 13.5. The number of fused-ring (bicyclic) bond motifs is 1. The summed E-state index contributed by atoms with van der Waals surface area (Å²) in [4.78, 5) is 34.8. The molecule has 0 saturated carbocycles. The molecule has 1 atom stereocenters.